The molecule has 0 radical (unpaired) electrons. The molecule has 0 bridgehead atoms. The van der Waals surface area contributed by atoms with Crippen LogP contribution in [-0.4, -0.2) is 15.6 Å². The van der Waals surface area contributed by atoms with Crippen LogP contribution in [0.1, 0.15) is 12.8 Å². The van der Waals surface area contributed by atoms with Crippen molar-refractivity contribution in [1.29, 1.82) is 0 Å². The van der Waals surface area contributed by atoms with Crippen LogP contribution < -0.4 is 11.3 Å². The average molecular weight is 260 g/mol. The highest BCUT2D eigenvalue weighted by molar-refractivity contribution is 8.00. The Kier molecular flexibility index (Phi) is 3.04. The van der Waals surface area contributed by atoms with Gasteiger partial charge in [0, 0.05) is 17.2 Å². The van der Waals surface area contributed by atoms with E-state index < -0.39 is 0 Å². The van der Waals surface area contributed by atoms with Crippen molar-refractivity contribution in [2.24, 2.45) is 0 Å². The second-order valence-electron chi connectivity index (χ2n) is 4.71. The standard InChI is InChI=1S/C14H16N2OS/c15-13-8-10-4-1-2-6-12(10)14(17)16(13)9-11-5-3-7-18-11/h1-2,4,6,8,11H,3,5,7,9,15H2. The van der Waals surface area contributed by atoms with Crippen molar-refractivity contribution in [3.05, 3.63) is 40.7 Å². The van der Waals surface area contributed by atoms with Crippen molar-refractivity contribution in [3.8, 4) is 0 Å². The minimum atomic E-state index is 0.0399. The molecule has 0 aliphatic carbocycles. The van der Waals surface area contributed by atoms with Crippen LogP contribution in [0.2, 0.25) is 0 Å². The van der Waals surface area contributed by atoms with Crippen molar-refractivity contribution >= 4 is 28.4 Å². The summed E-state index contributed by atoms with van der Waals surface area (Å²) in [6.45, 7) is 0.736. The molecule has 2 heterocycles. The number of hydrogen-bond acceptors (Lipinski definition) is 3. The highest BCUT2D eigenvalue weighted by atomic mass is 32.2. The number of anilines is 1. The zero-order valence-electron chi connectivity index (χ0n) is 10.1. The van der Waals surface area contributed by atoms with Gasteiger partial charge in [-0.05, 0) is 36.1 Å². The second kappa shape index (κ2) is 4.69. The zero-order valence-corrected chi connectivity index (χ0v) is 11.0. The molecule has 2 aromatic rings. The van der Waals surface area contributed by atoms with Crippen molar-refractivity contribution in [1.82, 2.24) is 4.57 Å². The Morgan fingerprint density at radius 1 is 1.39 bits per heavy atom. The molecule has 1 fully saturated rings. The van der Waals surface area contributed by atoms with Crippen LogP contribution in [-0.2, 0) is 6.54 Å². The third-order valence-corrected chi connectivity index (χ3v) is 4.84. The number of fused-ring (bicyclic) bond motifs is 1. The minimum Gasteiger partial charge on any atom is -0.385 e. The number of benzene rings is 1. The molecule has 1 saturated heterocycles. The van der Waals surface area contributed by atoms with Gasteiger partial charge in [-0.25, -0.2) is 0 Å². The van der Waals surface area contributed by atoms with Gasteiger partial charge in [-0.1, -0.05) is 18.2 Å². The summed E-state index contributed by atoms with van der Waals surface area (Å²) < 4.78 is 1.73. The molecular formula is C14H16N2OS. The van der Waals surface area contributed by atoms with Gasteiger partial charge >= 0.3 is 0 Å². The van der Waals surface area contributed by atoms with Crippen LogP contribution in [0.5, 0.6) is 0 Å². The van der Waals surface area contributed by atoms with Crippen LogP contribution in [0.3, 0.4) is 0 Å². The quantitative estimate of drug-likeness (QED) is 0.902. The van der Waals surface area contributed by atoms with Gasteiger partial charge in [-0.3, -0.25) is 9.36 Å². The maximum Gasteiger partial charge on any atom is 0.260 e. The first-order valence-corrected chi connectivity index (χ1v) is 7.30. The van der Waals surface area contributed by atoms with Gasteiger partial charge in [-0.15, -0.1) is 0 Å². The predicted molar refractivity (Wildman–Crippen MR) is 78.1 cm³/mol. The lowest BCUT2D eigenvalue weighted by molar-refractivity contribution is 0.631. The molecule has 3 nitrogen and oxygen atoms in total. The molecule has 1 atom stereocenters. The van der Waals surface area contributed by atoms with E-state index in [0.717, 1.165) is 17.3 Å². The van der Waals surface area contributed by atoms with Crippen LogP contribution in [0.4, 0.5) is 5.82 Å². The molecule has 94 valence electrons. The highest BCUT2D eigenvalue weighted by Crippen LogP contribution is 2.27. The average Bonchev–Trinajstić information content (AvgIpc) is 2.87. The van der Waals surface area contributed by atoms with Gasteiger partial charge in [0.25, 0.3) is 5.56 Å². The molecule has 1 aliphatic heterocycles. The van der Waals surface area contributed by atoms with Crippen LogP contribution in [0.25, 0.3) is 10.8 Å². The van der Waals surface area contributed by atoms with Crippen molar-refractivity contribution in [2.45, 2.75) is 24.6 Å². The normalized spacial score (nSPS) is 19.4. The molecule has 18 heavy (non-hydrogen) atoms. The summed E-state index contributed by atoms with van der Waals surface area (Å²) in [6.07, 6.45) is 2.43. The van der Waals surface area contributed by atoms with Gasteiger partial charge in [0.1, 0.15) is 5.82 Å². The number of nitrogens with zero attached hydrogens (tertiary/aromatic N) is 1. The Morgan fingerprint density at radius 3 is 3.00 bits per heavy atom. The predicted octanol–water partition coefficient (Wildman–Crippen LogP) is 2.48. The van der Waals surface area contributed by atoms with Gasteiger partial charge < -0.3 is 5.73 Å². The third-order valence-electron chi connectivity index (χ3n) is 3.46. The molecule has 4 heteroatoms. The first-order valence-electron chi connectivity index (χ1n) is 6.25. The first-order chi connectivity index (χ1) is 8.75. The fourth-order valence-corrected chi connectivity index (χ4v) is 3.75. The Balaban J connectivity index is 2.07. The lowest BCUT2D eigenvalue weighted by Gasteiger charge is -2.14. The molecule has 0 spiro atoms. The summed E-state index contributed by atoms with van der Waals surface area (Å²) in [6, 6.07) is 9.53. The van der Waals surface area contributed by atoms with Crippen LogP contribution in [0.15, 0.2) is 35.1 Å². The Labute approximate surface area is 110 Å². The summed E-state index contributed by atoms with van der Waals surface area (Å²) in [7, 11) is 0. The fraction of sp³-hybridized carbons (Fsp3) is 0.357. The molecule has 0 amide bonds. The van der Waals surface area contributed by atoms with E-state index in [4.69, 9.17) is 5.73 Å². The minimum absolute atomic E-state index is 0.0399. The summed E-state index contributed by atoms with van der Waals surface area (Å²) in [4.78, 5) is 12.4. The van der Waals surface area contributed by atoms with Crippen molar-refractivity contribution < 1.29 is 0 Å². The van der Waals surface area contributed by atoms with E-state index in [-0.39, 0.29) is 5.56 Å². The smallest absolute Gasteiger partial charge is 0.260 e. The van der Waals surface area contributed by atoms with E-state index in [1.165, 1.54) is 18.6 Å². The van der Waals surface area contributed by atoms with E-state index >= 15 is 0 Å². The topological polar surface area (TPSA) is 48.0 Å². The third kappa shape index (κ3) is 2.01. The number of aromatic nitrogens is 1. The lowest BCUT2D eigenvalue weighted by atomic mass is 10.1. The van der Waals surface area contributed by atoms with E-state index in [1.807, 2.05) is 42.1 Å². The largest absolute Gasteiger partial charge is 0.385 e. The maximum atomic E-state index is 12.4. The molecule has 2 N–H and O–H groups in total. The lowest BCUT2D eigenvalue weighted by Crippen LogP contribution is -2.26. The molecule has 1 aliphatic rings. The van der Waals surface area contributed by atoms with Crippen LogP contribution in [0, 0.1) is 0 Å². The first kappa shape index (κ1) is 11.7. The Hall–Kier alpha value is -1.42. The van der Waals surface area contributed by atoms with E-state index in [9.17, 15) is 4.79 Å². The number of nitrogen functional groups attached to an aromatic ring is 1. The zero-order chi connectivity index (χ0) is 12.5. The highest BCUT2D eigenvalue weighted by Gasteiger charge is 2.18. The summed E-state index contributed by atoms with van der Waals surface area (Å²) >= 11 is 1.94. The summed E-state index contributed by atoms with van der Waals surface area (Å²) in [5.74, 6) is 1.78. The number of thioether (sulfide) groups is 1. The molecule has 3 rings (SSSR count). The fourth-order valence-electron chi connectivity index (χ4n) is 2.50. The number of hydrogen-bond donors (Lipinski definition) is 1. The van der Waals surface area contributed by atoms with Crippen molar-refractivity contribution in [2.75, 3.05) is 11.5 Å². The number of pyridine rings is 1. The molecule has 1 aromatic heterocycles. The van der Waals surface area contributed by atoms with Gasteiger partial charge in [0.05, 0.1) is 0 Å². The van der Waals surface area contributed by atoms with Gasteiger partial charge in [-0.2, -0.15) is 11.8 Å². The van der Waals surface area contributed by atoms with E-state index in [2.05, 4.69) is 0 Å². The molecule has 1 unspecified atom stereocenters. The maximum absolute atomic E-state index is 12.4. The van der Waals surface area contributed by atoms with Gasteiger partial charge in [0.2, 0.25) is 0 Å². The molecule has 1 aromatic carbocycles. The number of nitrogens with two attached hydrogens (primary N) is 1. The van der Waals surface area contributed by atoms with E-state index in [0.29, 0.717) is 11.1 Å². The monoisotopic (exact) mass is 260 g/mol. The number of rotatable bonds is 2. The SMILES string of the molecule is Nc1cc2ccccc2c(=O)n1CC1CCCS1. The second-order valence-corrected chi connectivity index (χ2v) is 6.12. The Bertz CT molecular complexity index is 629. The van der Waals surface area contributed by atoms with Crippen molar-refractivity contribution in [3.63, 3.8) is 0 Å². The molecule has 0 saturated carbocycles. The van der Waals surface area contributed by atoms with Gasteiger partial charge in [0.15, 0.2) is 0 Å². The summed E-state index contributed by atoms with van der Waals surface area (Å²) in [5.41, 5.74) is 6.06. The van der Waals surface area contributed by atoms with Crippen LogP contribution >= 0.6 is 11.8 Å². The Morgan fingerprint density at radius 2 is 2.22 bits per heavy atom. The molecular weight excluding hydrogens is 244 g/mol. The summed E-state index contributed by atoms with van der Waals surface area (Å²) in [5, 5.41) is 2.22. The van der Waals surface area contributed by atoms with E-state index in [1.54, 1.807) is 4.57 Å².